The van der Waals surface area contributed by atoms with Gasteiger partial charge in [0, 0.05) is 6.20 Å². The van der Waals surface area contributed by atoms with E-state index in [2.05, 4.69) is 15.9 Å². The summed E-state index contributed by atoms with van der Waals surface area (Å²) in [6, 6.07) is -0.0350. The van der Waals surface area contributed by atoms with Crippen molar-refractivity contribution in [2.45, 2.75) is 19.9 Å². The molecule has 15 heavy (non-hydrogen) atoms. The van der Waals surface area contributed by atoms with Crippen LogP contribution in [-0.2, 0) is 0 Å². The molecule has 1 atom stereocenters. The topological polar surface area (TPSA) is 30.7 Å². The third kappa shape index (κ3) is 1.47. The van der Waals surface area contributed by atoms with E-state index in [1.54, 1.807) is 0 Å². The summed E-state index contributed by atoms with van der Waals surface area (Å²) in [5, 5.41) is 1.35. The number of halogens is 1. The molecule has 2 heterocycles. The van der Waals surface area contributed by atoms with Gasteiger partial charge < -0.3 is 4.57 Å². The largest absolute Gasteiger partial charge is 0.318 e. The van der Waals surface area contributed by atoms with Crippen LogP contribution in [-0.4, -0.2) is 14.5 Å². The number of fused-ring (bicyclic) bond motifs is 1. The summed E-state index contributed by atoms with van der Waals surface area (Å²) in [6.45, 7) is 3.91. The second-order valence-electron chi connectivity index (χ2n) is 3.43. The summed E-state index contributed by atoms with van der Waals surface area (Å²) in [5.41, 5.74) is 1.83. The molecule has 0 fully saturated rings. The van der Waals surface area contributed by atoms with Gasteiger partial charge in [0.2, 0.25) is 0 Å². The van der Waals surface area contributed by atoms with Crippen molar-refractivity contribution in [3.8, 4) is 12.3 Å². The van der Waals surface area contributed by atoms with Gasteiger partial charge in [0.05, 0.1) is 11.4 Å². The predicted octanol–water partition coefficient (Wildman–Crippen LogP) is 2.59. The van der Waals surface area contributed by atoms with Gasteiger partial charge >= 0.3 is 0 Å². The maximum Gasteiger partial charge on any atom is 0.146 e. The van der Waals surface area contributed by atoms with Crippen LogP contribution in [0.25, 0.3) is 11.0 Å². The fourth-order valence-electron chi connectivity index (χ4n) is 1.60. The molecule has 0 saturated carbocycles. The van der Waals surface area contributed by atoms with E-state index in [1.807, 2.05) is 24.6 Å². The van der Waals surface area contributed by atoms with Crippen LogP contribution in [0.1, 0.15) is 18.5 Å². The van der Waals surface area contributed by atoms with E-state index < -0.39 is 0 Å². The van der Waals surface area contributed by atoms with Crippen LogP contribution < -0.4 is 0 Å². The van der Waals surface area contributed by atoms with Gasteiger partial charge in [-0.1, -0.05) is 17.5 Å². The number of hydrogen-bond donors (Lipinski definition) is 0. The molecule has 0 amide bonds. The van der Waals surface area contributed by atoms with E-state index in [1.165, 1.54) is 6.33 Å². The molecule has 0 bridgehead atoms. The lowest BCUT2D eigenvalue weighted by atomic mass is 10.3. The van der Waals surface area contributed by atoms with Crippen LogP contribution in [0.4, 0.5) is 0 Å². The van der Waals surface area contributed by atoms with E-state index in [9.17, 15) is 0 Å². The number of hydrogen-bond acceptors (Lipinski definition) is 2. The van der Waals surface area contributed by atoms with Crippen molar-refractivity contribution in [1.29, 1.82) is 0 Å². The lowest BCUT2D eigenvalue weighted by molar-refractivity contribution is 0.701. The van der Waals surface area contributed by atoms with Crippen LogP contribution in [0.3, 0.4) is 0 Å². The fraction of sp³-hybridized carbons (Fsp3) is 0.273. The van der Waals surface area contributed by atoms with E-state index in [0.717, 1.165) is 16.6 Å². The van der Waals surface area contributed by atoms with Gasteiger partial charge in [0.25, 0.3) is 0 Å². The monoisotopic (exact) mass is 219 g/mol. The molecule has 3 nitrogen and oxygen atoms in total. The zero-order chi connectivity index (χ0) is 11.0. The smallest absolute Gasteiger partial charge is 0.146 e. The molecule has 0 N–H and O–H groups in total. The average molecular weight is 220 g/mol. The van der Waals surface area contributed by atoms with Gasteiger partial charge in [-0.25, -0.2) is 9.97 Å². The van der Waals surface area contributed by atoms with Crippen molar-refractivity contribution in [1.82, 2.24) is 14.5 Å². The standard InChI is InChI=1S/C11H10ClN3/c1-4-8(3)15-5-7(2)9-10(12)13-6-14-11(9)15/h1,5-6,8H,2-3H3. The van der Waals surface area contributed by atoms with Crippen LogP contribution in [0.5, 0.6) is 0 Å². The van der Waals surface area contributed by atoms with Gasteiger partial charge in [-0.3, -0.25) is 0 Å². The molecule has 1 unspecified atom stereocenters. The SMILES string of the molecule is C#CC(C)n1cc(C)c2c(Cl)ncnc21. The first-order valence-electron chi connectivity index (χ1n) is 4.59. The van der Waals surface area contributed by atoms with Crippen molar-refractivity contribution in [3.63, 3.8) is 0 Å². The van der Waals surface area contributed by atoms with Crippen molar-refractivity contribution in [2.75, 3.05) is 0 Å². The molecule has 2 rings (SSSR count). The summed E-state index contributed by atoms with van der Waals surface area (Å²) in [7, 11) is 0. The van der Waals surface area contributed by atoms with Crippen LogP contribution >= 0.6 is 11.6 Å². The highest BCUT2D eigenvalue weighted by Gasteiger charge is 2.13. The molecule has 0 aliphatic rings. The minimum atomic E-state index is -0.0350. The highest BCUT2D eigenvalue weighted by molar-refractivity contribution is 6.34. The van der Waals surface area contributed by atoms with Gasteiger partial charge in [0.15, 0.2) is 0 Å². The molecule has 0 aromatic carbocycles. The molecule has 2 aromatic heterocycles. The number of aromatic nitrogens is 3. The first-order valence-corrected chi connectivity index (χ1v) is 4.96. The van der Waals surface area contributed by atoms with Crippen molar-refractivity contribution in [3.05, 3.63) is 23.2 Å². The summed E-state index contributed by atoms with van der Waals surface area (Å²) >= 11 is 6.01. The molecule has 2 aromatic rings. The second-order valence-corrected chi connectivity index (χ2v) is 3.78. The van der Waals surface area contributed by atoms with Gasteiger partial charge in [-0.2, -0.15) is 0 Å². The minimum Gasteiger partial charge on any atom is -0.318 e. The maximum atomic E-state index is 6.01. The summed E-state index contributed by atoms with van der Waals surface area (Å²) in [5.74, 6) is 2.67. The second kappa shape index (κ2) is 3.56. The lowest BCUT2D eigenvalue weighted by Crippen LogP contribution is -2.01. The molecular formula is C11H10ClN3. The number of aryl methyl sites for hydroxylation is 1. The molecular weight excluding hydrogens is 210 g/mol. The minimum absolute atomic E-state index is 0.0350. The van der Waals surface area contributed by atoms with Gasteiger partial charge in [-0.15, -0.1) is 6.42 Å². The van der Waals surface area contributed by atoms with E-state index >= 15 is 0 Å². The Morgan fingerprint density at radius 1 is 1.53 bits per heavy atom. The molecule has 4 heteroatoms. The third-order valence-corrected chi connectivity index (χ3v) is 2.70. The van der Waals surface area contributed by atoms with Crippen molar-refractivity contribution >= 4 is 22.6 Å². The Morgan fingerprint density at radius 2 is 2.27 bits per heavy atom. The summed E-state index contributed by atoms with van der Waals surface area (Å²) < 4.78 is 1.93. The molecule has 0 aliphatic carbocycles. The van der Waals surface area contributed by atoms with Gasteiger partial charge in [-0.05, 0) is 19.4 Å². The average Bonchev–Trinajstić information content (AvgIpc) is 2.56. The van der Waals surface area contributed by atoms with E-state index in [0.29, 0.717) is 5.15 Å². The Balaban J connectivity index is 2.80. The third-order valence-electron chi connectivity index (χ3n) is 2.41. The fourth-order valence-corrected chi connectivity index (χ4v) is 1.88. The Kier molecular flexibility index (Phi) is 2.37. The highest BCUT2D eigenvalue weighted by Crippen LogP contribution is 2.26. The van der Waals surface area contributed by atoms with Crippen molar-refractivity contribution in [2.24, 2.45) is 0 Å². The normalized spacial score (nSPS) is 12.7. The Labute approximate surface area is 93.1 Å². The first kappa shape index (κ1) is 10.0. The quantitative estimate of drug-likeness (QED) is 0.545. The van der Waals surface area contributed by atoms with Crippen molar-refractivity contribution < 1.29 is 0 Å². The first-order chi connectivity index (χ1) is 7.15. The molecule has 0 aliphatic heterocycles. The predicted molar refractivity (Wildman–Crippen MR) is 60.8 cm³/mol. The lowest BCUT2D eigenvalue weighted by Gasteiger charge is -2.06. The Bertz CT molecular complexity index is 551. The molecule has 76 valence electrons. The zero-order valence-corrected chi connectivity index (χ0v) is 9.28. The number of rotatable bonds is 1. The number of terminal acetylenes is 1. The molecule has 0 saturated heterocycles. The maximum absolute atomic E-state index is 6.01. The summed E-state index contributed by atoms with van der Waals surface area (Å²) in [4.78, 5) is 8.16. The number of nitrogens with zero attached hydrogens (tertiary/aromatic N) is 3. The molecule has 0 spiro atoms. The van der Waals surface area contributed by atoms with E-state index in [4.69, 9.17) is 18.0 Å². The van der Waals surface area contributed by atoms with Crippen LogP contribution in [0, 0.1) is 19.3 Å². The van der Waals surface area contributed by atoms with Crippen LogP contribution in [0.15, 0.2) is 12.5 Å². The summed E-state index contributed by atoms with van der Waals surface area (Å²) in [6.07, 6.45) is 8.80. The van der Waals surface area contributed by atoms with Gasteiger partial charge in [0.1, 0.15) is 17.1 Å². The molecule has 0 radical (unpaired) electrons. The van der Waals surface area contributed by atoms with Crippen LogP contribution in [0.2, 0.25) is 5.15 Å². The Morgan fingerprint density at radius 3 is 2.93 bits per heavy atom. The Hall–Kier alpha value is -1.53. The highest BCUT2D eigenvalue weighted by atomic mass is 35.5. The zero-order valence-electron chi connectivity index (χ0n) is 8.53. The van der Waals surface area contributed by atoms with E-state index in [-0.39, 0.29) is 6.04 Å².